The molecule has 1 saturated carbocycles. The van der Waals surface area contributed by atoms with Crippen molar-refractivity contribution in [2.75, 3.05) is 0 Å². The fraction of sp³-hybridized carbons (Fsp3) is 0.588. The lowest BCUT2D eigenvalue weighted by Crippen LogP contribution is -2.40. The standard InChI is InChI=1S/C17H26N2O.ClH/c1-13(18)17(20)19-16(15-10-6-3-7-11-15)12-14-8-4-2-5-9-14;/h3,6-7,10-11,13-14,16H,2,4-5,8-9,12,18H2,1H3,(H,19,20);1H/t13-,16?;/m1./s1. The van der Waals surface area contributed by atoms with E-state index in [9.17, 15) is 4.79 Å². The van der Waals surface area contributed by atoms with E-state index < -0.39 is 6.04 Å². The normalized spacial score (nSPS) is 18.4. The Morgan fingerprint density at radius 2 is 1.86 bits per heavy atom. The third-order valence-electron chi connectivity index (χ3n) is 4.23. The van der Waals surface area contributed by atoms with E-state index in [0.29, 0.717) is 0 Å². The molecule has 4 heteroatoms. The van der Waals surface area contributed by atoms with Crippen LogP contribution >= 0.6 is 12.4 Å². The van der Waals surface area contributed by atoms with Gasteiger partial charge in [0.05, 0.1) is 12.1 Å². The summed E-state index contributed by atoms with van der Waals surface area (Å²) in [5.74, 6) is 0.664. The lowest BCUT2D eigenvalue weighted by atomic mass is 9.83. The zero-order valence-corrected chi connectivity index (χ0v) is 13.6. The van der Waals surface area contributed by atoms with Gasteiger partial charge < -0.3 is 11.1 Å². The Hall–Kier alpha value is -1.06. The number of nitrogens with two attached hydrogens (primary N) is 1. The quantitative estimate of drug-likeness (QED) is 0.873. The molecule has 1 aliphatic rings. The van der Waals surface area contributed by atoms with E-state index in [2.05, 4.69) is 17.4 Å². The number of rotatable bonds is 5. The molecule has 1 fully saturated rings. The van der Waals surface area contributed by atoms with Gasteiger partial charge in [-0.3, -0.25) is 4.79 Å². The van der Waals surface area contributed by atoms with Crippen molar-refractivity contribution in [2.45, 2.75) is 57.5 Å². The molecule has 118 valence electrons. The lowest BCUT2D eigenvalue weighted by Gasteiger charge is -2.28. The predicted octanol–water partition coefficient (Wildman–Crippen LogP) is 3.58. The molecular formula is C17H27ClN2O. The van der Waals surface area contributed by atoms with Crippen LogP contribution < -0.4 is 11.1 Å². The van der Waals surface area contributed by atoms with E-state index in [1.807, 2.05) is 18.2 Å². The topological polar surface area (TPSA) is 55.1 Å². The number of hydrogen-bond acceptors (Lipinski definition) is 2. The lowest BCUT2D eigenvalue weighted by molar-refractivity contribution is -0.122. The van der Waals surface area contributed by atoms with Crippen LogP contribution in [0, 0.1) is 5.92 Å². The molecule has 1 aromatic rings. The molecule has 0 spiro atoms. The highest BCUT2D eigenvalue weighted by Crippen LogP contribution is 2.31. The van der Waals surface area contributed by atoms with Crippen molar-refractivity contribution in [3.05, 3.63) is 35.9 Å². The summed E-state index contributed by atoms with van der Waals surface area (Å²) >= 11 is 0. The zero-order valence-electron chi connectivity index (χ0n) is 12.8. The van der Waals surface area contributed by atoms with Gasteiger partial charge in [0.2, 0.25) is 5.91 Å². The van der Waals surface area contributed by atoms with Gasteiger partial charge in [-0.2, -0.15) is 0 Å². The van der Waals surface area contributed by atoms with Crippen LogP contribution in [0.5, 0.6) is 0 Å². The van der Waals surface area contributed by atoms with Gasteiger partial charge in [-0.15, -0.1) is 12.4 Å². The van der Waals surface area contributed by atoms with Crippen LogP contribution in [0.2, 0.25) is 0 Å². The largest absolute Gasteiger partial charge is 0.348 e. The van der Waals surface area contributed by atoms with Crippen molar-refractivity contribution in [1.29, 1.82) is 0 Å². The summed E-state index contributed by atoms with van der Waals surface area (Å²) in [6.07, 6.45) is 7.62. The maximum absolute atomic E-state index is 11.9. The van der Waals surface area contributed by atoms with Gasteiger partial charge in [0.25, 0.3) is 0 Å². The monoisotopic (exact) mass is 310 g/mol. The molecule has 0 saturated heterocycles. The number of carbonyl (C=O) groups excluding carboxylic acids is 1. The maximum Gasteiger partial charge on any atom is 0.237 e. The van der Waals surface area contributed by atoms with Crippen molar-refractivity contribution in [3.63, 3.8) is 0 Å². The van der Waals surface area contributed by atoms with E-state index in [1.165, 1.54) is 37.7 Å². The number of amides is 1. The summed E-state index contributed by atoms with van der Waals surface area (Å²) in [6, 6.07) is 9.89. The van der Waals surface area contributed by atoms with Gasteiger partial charge in [0, 0.05) is 0 Å². The molecule has 0 radical (unpaired) electrons. The number of benzene rings is 1. The second-order valence-corrected chi connectivity index (χ2v) is 6.00. The smallest absolute Gasteiger partial charge is 0.237 e. The second kappa shape index (κ2) is 9.06. The Labute approximate surface area is 134 Å². The van der Waals surface area contributed by atoms with Gasteiger partial charge >= 0.3 is 0 Å². The summed E-state index contributed by atoms with van der Waals surface area (Å²) in [5, 5.41) is 3.12. The molecule has 2 atom stereocenters. The van der Waals surface area contributed by atoms with Gasteiger partial charge in [-0.1, -0.05) is 62.4 Å². The van der Waals surface area contributed by atoms with Crippen LogP contribution in [0.15, 0.2) is 30.3 Å². The van der Waals surface area contributed by atoms with E-state index in [1.54, 1.807) is 6.92 Å². The minimum Gasteiger partial charge on any atom is -0.348 e. The van der Waals surface area contributed by atoms with Gasteiger partial charge in [-0.05, 0) is 24.8 Å². The zero-order chi connectivity index (χ0) is 14.4. The van der Waals surface area contributed by atoms with Crippen LogP contribution in [0.1, 0.15) is 57.1 Å². The van der Waals surface area contributed by atoms with Crippen LogP contribution in [-0.2, 0) is 4.79 Å². The molecule has 2 rings (SSSR count). The Kier molecular flexibility index (Phi) is 7.76. The molecule has 0 aliphatic heterocycles. The third-order valence-corrected chi connectivity index (χ3v) is 4.23. The molecule has 1 aliphatic carbocycles. The third kappa shape index (κ3) is 5.68. The minimum atomic E-state index is -0.451. The molecule has 0 heterocycles. The summed E-state index contributed by atoms with van der Waals surface area (Å²) in [6.45, 7) is 1.73. The minimum absolute atomic E-state index is 0. The summed E-state index contributed by atoms with van der Waals surface area (Å²) in [5.41, 5.74) is 6.87. The summed E-state index contributed by atoms with van der Waals surface area (Å²) < 4.78 is 0. The first kappa shape index (κ1) is 18.0. The van der Waals surface area contributed by atoms with Crippen LogP contribution in [0.3, 0.4) is 0 Å². The first-order chi connectivity index (χ1) is 9.66. The Morgan fingerprint density at radius 3 is 2.43 bits per heavy atom. The van der Waals surface area contributed by atoms with E-state index >= 15 is 0 Å². The Morgan fingerprint density at radius 1 is 1.24 bits per heavy atom. The molecule has 1 amide bonds. The first-order valence-corrected chi connectivity index (χ1v) is 7.77. The van der Waals surface area contributed by atoms with Crippen LogP contribution in [0.25, 0.3) is 0 Å². The van der Waals surface area contributed by atoms with Crippen molar-refractivity contribution in [2.24, 2.45) is 11.7 Å². The van der Waals surface area contributed by atoms with E-state index in [-0.39, 0.29) is 24.4 Å². The number of hydrogen-bond donors (Lipinski definition) is 2. The average Bonchev–Trinajstić information content (AvgIpc) is 2.48. The average molecular weight is 311 g/mol. The molecule has 21 heavy (non-hydrogen) atoms. The Balaban J connectivity index is 0.00000220. The van der Waals surface area contributed by atoms with Gasteiger partial charge in [0.15, 0.2) is 0 Å². The fourth-order valence-electron chi connectivity index (χ4n) is 3.02. The Bertz CT molecular complexity index is 416. The number of carbonyl (C=O) groups is 1. The van der Waals surface area contributed by atoms with Crippen molar-refractivity contribution in [3.8, 4) is 0 Å². The van der Waals surface area contributed by atoms with Gasteiger partial charge in [-0.25, -0.2) is 0 Å². The van der Waals surface area contributed by atoms with Crippen LogP contribution in [-0.4, -0.2) is 11.9 Å². The molecule has 3 nitrogen and oxygen atoms in total. The van der Waals surface area contributed by atoms with Crippen molar-refractivity contribution >= 4 is 18.3 Å². The first-order valence-electron chi connectivity index (χ1n) is 7.77. The summed E-state index contributed by atoms with van der Waals surface area (Å²) in [7, 11) is 0. The summed E-state index contributed by atoms with van der Waals surface area (Å²) in [4.78, 5) is 11.9. The highest BCUT2D eigenvalue weighted by atomic mass is 35.5. The highest BCUT2D eigenvalue weighted by Gasteiger charge is 2.22. The predicted molar refractivity (Wildman–Crippen MR) is 89.4 cm³/mol. The second-order valence-electron chi connectivity index (χ2n) is 6.00. The van der Waals surface area contributed by atoms with Crippen molar-refractivity contribution in [1.82, 2.24) is 5.32 Å². The van der Waals surface area contributed by atoms with Crippen molar-refractivity contribution < 1.29 is 4.79 Å². The maximum atomic E-state index is 11.9. The molecule has 0 bridgehead atoms. The number of halogens is 1. The molecule has 3 N–H and O–H groups in total. The van der Waals surface area contributed by atoms with E-state index in [0.717, 1.165) is 12.3 Å². The highest BCUT2D eigenvalue weighted by molar-refractivity contribution is 5.85. The molecular weight excluding hydrogens is 284 g/mol. The fourth-order valence-corrected chi connectivity index (χ4v) is 3.02. The van der Waals surface area contributed by atoms with Crippen LogP contribution in [0.4, 0.5) is 0 Å². The SMILES string of the molecule is C[C@@H](N)C(=O)NC(CC1CCCCC1)c1ccccc1.Cl. The van der Waals surface area contributed by atoms with E-state index in [4.69, 9.17) is 5.73 Å². The molecule has 1 unspecified atom stereocenters. The van der Waals surface area contributed by atoms with Gasteiger partial charge in [0.1, 0.15) is 0 Å². The molecule has 0 aromatic heterocycles. The number of nitrogens with one attached hydrogen (secondary N) is 1. The molecule has 1 aromatic carbocycles.